The highest BCUT2D eigenvalue weighted by atomic mass is 19.4. The largest absolute Gasteiger partial charge is 0.416 e. The van der Waals surface area contributed by atoms with E-state index in [-0.39, 0.29) is 16.9 Å². The number of hydrogen-bond acceptors (Lipinski definition) is 4. The smallest absolute Gasteiger partial charge is 0.361 e. The predicted octanol–water partition coefficient (Wildman–Crippen LogP) is 3.52. The number of hydrogen-bond donors (Lipinski definition) is 1. The van der Waals surface area contributed by atoms with Gasteiger partial charge in [-0.15, -0.1) is 0 Å². The lowest BCUT2D eigenvalue weighted by molar-refractivity contribution is -0.137. The van der Waals surface area contributed by atoms with Crippen LogP contribution in [0.2, 0.25) is 0 Å². The number of nitrogens with one attached hydrogen (secondary N) is 1. The van der Waals surface area contributed by atoms with E-state index >= 15 is 0 Å². The Hall–Kier alpha value is -3.10. The number of carbonyl (C=O) groups excluding carboxylic acids is 1. The van der Waals surface area contributed by atoms with Gasteiger partial charge < -0.3 is 9.84 Å². The van der Waals surface area contributed by atoms with Crippen molar-refractivity contribution in [2.45, 2.75) is 20.0 Å². The van der Waals surface area contributed by atoms with Gasteiger partial charge in [0.2, 0.25) is 0 Å². The van der Waals surface area contributed by atoms with Gasteiger partial charge in [0.25, 0.3) is 5.91 Å². The van der Waals surface area contributed by atoms with E-state index in [9.17, 15) is 18.0 Å². The molecule has 6 nitrogen and oxygen atoms in total. The second-order valence-electron chi connectivity index (χ2n) is 5.67. The molecule has 136 valence electrons. The SMILES string of the molecule is CNC(=O)c1c(C)nn(-c2cccc(C(F)(F)F)c2)c1-c1cc(C)on1. The monoisotopic (exact) mass is 364 g/mol. The fourth-order valence-electron chi connectivity index (χ4n) is 2.64. The minimum absolute atomic E-state index is 0.161. The van der Waals surface area contributed by atoms with E-state index in [1.165, 1.54) is 23.9 Å². The van der Waals surface area contributed by atoms with Gasteiger partial charge in [-0.2, -0.15) is 18.3 Å². The van der Waals surface area contributed by atoms with Crippen LogP contribution in [0, 0.1) is 13.8 Å². The maximum Gasteiger partial charge on any atom is 0.416 e. The minimum Gasteiger partial charge on any atom is -0.361 e. The fourth-order valence-corrected chi connectivity index (χ4v) is 2.64. The maximum absolute atomic E-state index is 13.1. The minimum atomic E-state index is -4.49. The number of alkyl halides is 3. The van der Waals surface area contributed by atoms with E-state index in [0.717, 1.165) is 12.1 Å². The third-order valence-electron chi connectivity index (χ3n) is 3.80. The van der Waals surface area contributed by atoms with Crippen LogP contribution < -0.4 is 5.32 Å². The Balaban J connectivity index is 2.27. The number of benzene rings is 1. The van der Waals surface area contributed by atoms with Crippen molar-refractivity contribution in [3.8, 4) is 17.1 Å². The molecule has 9 heteroatoms. The first kappa shape index (κ1) is 17.7. The number of aromatic nitrogens is 3. The van der Waals surface area contributed by atoms with Gasteiger partial charge in [0, 0.05) is 13.1 Å². The highest BCUT2D eigenvalue weighted by molar-refractivity contribution is 6.01. The zero-order valence-corrected chi connectivity index (χ0v) is 14.2. The van der Waals surface area contributed by atoms with Crippen LogP contribution in [0.3, 0.4) is 0 Å². The van der Waals surface area contributed by atoms with Gasteiger partial charge in [0.15, 0.2) is 0 Å². The number of halogens is 3. The third kappa shape index (κ3) is 3.07. The lowest BCUT2D eigenvalue weighted by Gasteiger charge is -2.11. The number of aryl methyl sites for hydroxylation is 2. The van der Waals surface area contributed by atoms with Crippen LogP contribution in [0.5, 0.6) is 0 Å². The lowest BCUT2D eigenvalue weighted by Crippen LogP contribution is -2.19. The summed E-state index contributed by atoms with van der Waals surface area (Å²) in [6.45, 7) is 3.28. The van der Waals surface area contributed by atoms with Crippen molar-refractivity contribution in [2.24, 2.45) is 0 Å². The van der Waals surface area contributed by atoms with Gasteiger partial charge in [-0.3, -0.25) is 4.79 Å². The quantitative estimate of drug-likeness (QED) is 0.772. The van der Waals surface area contributed by atoms with E-state index in [2.05, 4.69) is 15.6 Å². The van der Waals surface area contributed by atoms with E-state index in [1.807, 2.05) is 0 Å². The first-order chi connectivity index (χ1) is 12.2. The molecule has 0 aliphatic carbocycles. The van der Waals surface area contributed by atoms with Crippen LogP contribution in [0.1, 0.15) is 27.4 Å². The molecule has 0 aliphatic heterocycles. The zero-order chi connectivity index (χ0) is 19.1. The third-order valence-corrected chi connectivity index (χ3v) is 3.80. The zero-order valence-electron chi connectivity index (χ0n) is 14.2. The summed E-state index contributed by atoms with van der Waals surface area (Å²) in [5.74, 6) is 0.0775. The number of carbonyl (C=O) groups is 1. The Labute approximate surface area is 146 Å². The topological polar surface area (TPSA) is 73.0 Å². The molecule has 2 aromatic heterocycles. The van der Waals surface area contributed by atoms with E-state index in [4.69, 9.17) is 4.52 Å². The Morgan fingerprint density at radius 2 is 1.96 bits per heavy atom. The second-order valence-corrected chi connectivity index (χ2v) is 5.67. The maximum atomic E-state index is 13.1. The van der Waals surface area contributed by atoms with Crippen LogP contribution >= 0.6 is 0 Å². The molecule has 0 bridgehead atoms. The van der Waals surface area contributed by atoms with Crippen LogP contribution in [0.15, 0.2) is 34.9 Å². The molecule has 0 aliphatic rings. The van der Waals surface area contributed by atoms with E-state index < -0.39 is 17.6 Å². The van der Waals surface area contributed by atoms with Crippen molar-refractivity contribution in [3.63, 3.8) is 0 Å². The molecule has 0 radical (unpaired) electrons. The van der Waals surface area contributed by atoms with Gasteiger partial charge in [-0.25, -0.2) is 4.68 Å². The summed E-state index contributed by atoms with van der Waals surface area (Å²) in [6.07, 6.45) is -4.49. The van der Waals surface area contributed by atoms with Crippen molar-refractivity contribution < 1.29 is 22.5 Å². The summed E-state index contributed by atoms with van der Waals surface area (Å²) in [5.41, 5.74) is 0.494. The molecule has 3 aromatic rings. The molecule has 26 heavy (non-hydrogen) atoms. The average molecular weight is 364 g/mol. The van der Waals surface area contributed by atoms with Crippen molar-refractivity contribution >= 4 is 5.91 Å². The first-order valence-corrected chi connectivity index (χ1v) is 7.65. The molecule has 0 unspecified atom stereocenters. The molecule has 0 atom stereocenters. The molecule has 1 aromatic carbocycles. The summed E-state index contributed by atoms with van der Waals surface area (Å²) < 4.78 is 45.5. The molecular formula is C17H15F3N4O2. The van der Waals surface area contributed by atoms with Crippen LogP contribution in [-0.4, -0.2) is 27.9 Å². The van der Waals surface area contributed by atoms with Gasteiger partial charge in [-0.05, 0) is 32.0 Å². The summed E-state index contributed by atoms with van der Waals surface area (Å²) in [6, 6.07) is 6.29. The average Bonchev–Trinajstić information content (AvgIpc) is 3.16. The molecule has 0 saturated heterocycles. The molecule has 0 saturated carbocycles. The Morgan fingerprint density at radius 1 is 1.23 bits per heavy atom. The van der Waals surface area contributed by atoms with Gasteiger partial charge in [-0.1, -0.05) is 11.2 Å². The summed E-state index contributed by atoms with van der Waals surface area (Å²) >= 11 is 0. The molecule has 3 rings (SSSR count). The van der Waals surface area contributed by atoms with Crippen LogP contribution in [-0.2, 0) is 6.18 Å². The second kappa shape index (κ2) is 6.32. The summed E-state index contributed by atoms with van der Waals surface area (Å²) in [4.78, 5) is 12.3. The number of nitrogens with zero attached hydrogens (tertiary/aromatic N) is 3. The highest BCUT2D eigenvalue weighted by Gasteiger charge is 2.31. The summed E-state index contributed by atoms with van der Waals surface area (Å²) in [5, 5.41) is 10.7. The van der Waals surface area contributed by atoms with Crippen LogP contribution in [0.25, 0.3) is 17.1 Å². The fraction of sp³-hybridized carbons (Fsp3) is 0.235. The number of amides is 1. The standard InChI is InChI=1S/C17H15F3N4O2/c1-9-7-13(23-26-9)15-14(16(25)21-3)10(2)22-24(15)12-6-4-5-11(8-12)17(18,19)20/h4-8H,1-3H3,(H,21,25). The highest BCUT2D eigenvalue weighted by Crippen LogP contribution is 2.33. The van der Waals surface area contributed by atoms with Gasteiger partial charge in [0.1, 0.15) is 17.1 Å². The first-order valence-electron chi connectivity index (χ1n) is 7.65. The molecule has 1 N–H and O–H groups in total. The van der Waals surface area contributed by atoms with E-state index in [1.54, 1.807) is 19.9 Å². The Morgan fingerprint density at radius 3 is 2.54 bits per heavy atom. The van der Waals surface area contributed by atoms with Crippen molar-refractivity contribution in [1.29, 1.82) is 0 Å². The number of rotatable bonds is 3. The molecule has 0 spiro atoms. The van der Waals surface area contributed by atoms with Crippen LogP contribution in [0.4, 0.5) is 13.2 Å². The molecule has 2 heterocycles. The predicted molar refractivity (Wildman–Crippen MR) is 86.9 cm³/mol. The summed E-state index contributed by atoms with van der Waals surface area (Å²) in [7, 11) is 1.46. The van der Waals surface area contributed by atoms with Crippen molar-refractivity contribution in [2.75, 3.05) is 7.05 Å². The van der Waals surface area contributed by atoms with Gasteiger partial charge in [0.05, 0.1) is 22.5 Å². The molecule has 1 amide bonds. The van der Waals surface area contributed by atoms with E-state index in [0.29, 0.717) is 17.1 Å². The Kier molecular flexibility index (Phi) is 4.31. The van der Waals surface area contributed by atoms with Crippen molar-refractivity contribution in [3.05, 3.63) is 52.9 Å². The molecule has 0 fully saturated rings. The lowest BCUT2D eigenvalue weighted by atomic mass is 10.1. The van der Waals surface area contributed by atoms with Crippen molar-refractivity contribution in [1.82, 2.24) is 20.3 Å². The van der Waals surface area contributed by atoms with Gasteiger partial charge >= 0.3 is 6.18 Å². The normalized spacial score (nSPS) is 11.6. The molecular weight excluding hydrogens is 349 g/mol. The Bertz CT molecular complexity index is 973.